The van der Waals surface area contributed by atoms with Crippen molar-refractivity contribution in [1.82, 2.24) is 25.5 Å². The van der Waals surface area contributed by atoms with Crippen molar-refractivity contribution < 1.29 is 52.9 Å². The summed E-state index contributed by atoms with van der Waals surface area (Å²) < 4.78 is 34.4. The van der Waals surface area contributed by atoms with Gasteiger partial charge in [0.2, 0.25) is 0 Å². The molecule has 0 saturated carbocycles. The molecule has 1 amide bonds. The molecular formula is C21H25N5O11P2. The number of esters is 1. The Morgan fingerprint density at radius 2 is 1.62 bits per heavy atom. The second kappa shape index (κ2) is 12.6. The van der Waals surface area contributed by atoms with Crippen molar-refractivity contribution in [2.75, 3.05) is 6.54 Å². The van der Waals surface area contributed by atoms with Gasteiger partial charge in [-0.25, -0.2) is 9.59 Å². The summed E-state index contributed by atoms with van der Waals surface area (Å²) in [6.45, 7) is -0.701. The maximum atomic E-state index is 12.7. The van der Waals surface area contributed by atoms with Crippen molar-refractivity contribution in [1.29, 1.82) is 0 Å². The predicted molar refractivity (Wildman–Crippen MR) is 131 cm³/mol. The van der Waals surface area contributed by atoms with Crippen molar-refractivity contribution in [3.8, 4) is 5.75 Å². The number of tetrazole rings is 1. The first kappa shape index (κ1) is 30.1. The zero-order chi connectivity index (χ0) is 28.7. The minimum absolute atomic E-state index is 0.109. The molecule has 0 radical (unpaired) electrons. The van der Waals surface area contributed by atoms with Crippen LogP contribution in [0.1, 0.15) is 34.6 Å². The van der Waals surface area contributed by atoms with Crippen LogP contribution in [0.4, 0.5) is 4.79 Å². The van der Waals surface area contributed by atoms with E-state index in [0.29, 0.717) is 12.2 Å². The summed E-state index contributed by atoms with van der Waals surface area (Å²) in [5.74, 6) is -0.585. The molecule has 0 aliphatic rings. The van der Waals surface area contributed by atoms with E-state index in [-0.39, 0.29) is 24.6 Å². The molecule has 1 aromatic heterocycles. The summed E-state index contributed by atoms with van der Waals surface area (Å²) in [7, 11) is -11.2. The number of rotatable bonds is 12. The highest BCUT2D eigenvalue weighted by molar-refractivity contribution is 7.72. The fraction of sp³-hybridized carbons (Fsp3) is 0.286. The van der Waals surface area contributed by atoms with Gasteiger partial charge in [0.15, 0.2) is 12.6 Å². The van der Waals surface area contributed by atoms with Crippen LogP contribution in [-0.4, -0.2) is 68.6 Å². The summed E-state index contributed by atoms with van der Waals surface area (Å²) in [6, 6.07) is 15.0. The molecule has 3 aromatic rings. The van der Waals surface area contributed by atoms with E-state index in [2.05, 4.69) is 20.8 Å². The number of nitrogens with zero attached hydrogens (tertiary/aromatic N) is 4. The molecule has 1 heterocycles. The van der Waals surface area contributed by atoms with Crippen LogP contribution in [0.15, 0.2) is 54.6 Å². The molecule has 210 valence electrons. The van der Waals surface area contributed by atoms with Gasteiger partial charge in [0.05, 0.1) is 0 Å². The van der Waals surface area contributed by atoms with Crippen LogP contribution in [0.3, 0.4) is 0 Å². The standard InChI is InChI=1S/C21H25N5O11P2/c27-19(36-14-26-18(23-24-25-26)13-15-7-2-1-3-8-15)16-9-4-5-10-17(16)37-20(28)22-12-6-11-21(29,38(30,31)32)39(33,34)35/h1-5,7-10,29H,6,11-14H2,(H,22,28)(H2,30,31,32)(H2,33,34,35). The van der Waals surface area contributed by atoms with Crippen molar-refractivity contribution in [3.63, 3.8) is 0 Å². The zero-order valence-electron chi connectivity index (χ0n) is 20.1. The zero-order valence-corrected chi connectivity index (χ0v) is 21.9. The van der Waals surface area contributed by atoms with Crippen LogP contribution in [-0.2, 0) is 27.0 Å². The highest BCUT2D eigenvalue weighted by atomic mass is 31.2. The SMILES string of the molecule is O=C(NCCCC(O)(P(=O)(O)O)P(=O)(O)O)Oc1ccccc1C(=O)OCn1nnnc1Cc1ccccc1. The van der Waals surface area contributed by atoms with Gasteiger partial charge >= 0.3 is 27.3 Å². The Kier molecular flexibility index (Phi) is 9.69. The lowest BCUT2D eigenvalue weighted by molar-refractivity contribution is 0.0338. The number of nitrogens with one attached hydrogen (secondary N) is 1. The van der Waals surface area contributed by atoms with Gasteiger partial charge in [-0.2, -0.15) is 4.68 Å². The fourth-order valence-corrected chi connectivity index (χ4v) is 5.52. The molecule has 0 bridgehead atoms. The Bertz CT molecular complexity index is 1370. The second-order valence-corrected chi connectivity index (χ2v) is 12.1. The van der Waals surface area contributed by atoms with Gasteiger partial charge in [0.25, 0.3) is 5.08 Å². The molecule has 0 aliphatic carbocycles. The van der Waals surface area contributed by atoms with Crippen LogP contribution in [0.2, 0.25) is 0 Å². The molecule has 0 saturated heterocycles. The van der Waals surface area contributed by atoms with E-state index in [1.807, 2.05) is 30.3 Å². The van der Waals surface area contributed by atoms with E-state index < -0.39 is 45.2 Å². The van der Waals surface area contributed by atoms with Crippen LogP contribution in [0.5, 0.6) is 5.75 Å². The fourth-order valence-electron chi connectivity index (χ4n) is 3.26. The lowest BCUT2D eigenvalue weighted by Gasteiger charge is -2.29. The molecule has 39 heavy (non-hydrogen) atoms. The molecule has 0 atom stereocenters. The lowest BCUT2D eigenvalue weighted by atomic mass is 10.1. The quantitative estimate of drug-likeness (QED) is 0.0985. The maximum Gasteiger partial charge on any atom is 0.412 e. The molecule has 6 N–H and O–H groups in total. The van der Waals surface area contributed by atoms with Gasteiger partial charge in [0.1, 0.15) is 11.3 Å². The van der Waals surface area contributed by atoms with Gasteiger partial charge in [0, 0.05) is 19.4 Å². The Morgan fingerprint density at radius 1 is 0.974 bits per heavy atom. The maximum absolute atomic E-state index is 12.7. The Labute approximate surface area is 220 Å². The summed E-state index contributed by atoms with van der Waals surface area (Å²) in [6.07, 6.45) is -2.14. The number of carbonyl (C=O) groups excluding carboxylic acids is 2. The van der Waals surface area contributed by atoms with Crippen molar-refractivity contribution in [3.05, 3.63) is 71.5 Å². The summed E-state index contributed by atoms with van der Waals surface area (Å²) in [5.41, 5.74) is 0.834. The largest absolute Gasteiger partial charge is 0.439 e. The number of para-hydroxylation sites is 1. The third-order valence-electron chi connectivity index (χ3n) is 5.33. The van der Waals surface area contributed by atoms with Gasteiger partial charge in [-0.1, -0.05) is 42.5 Å². The molecular weight excluding hydrogens is 560 g/mol. The molecule has 0 spiro atoms. The third-order valence-corrected chi connectivity index (χ3v) is 9.21. The van der Waals surface area contributed by atoms with Crippen LogP contribution < -0.4 is 10.1 Å². The summed E-state index contributed by atoms with van der Waals surface area (Å²) in [5, 5.41) is 19.8. The number of hydrogen-bond acceptors (Lipinski definition) is 10. The molecule has 0 aliphatic heterocycles. The number of amides is 1. The third kappa shape index (κ3) is 7.77. The first-order valence-corrected chi connectivity index (χ1v) is 14.4. The number of hydrogen-bond donors (Lipinski definition) is 6. The monoisotopic (exact) mass is 585 g/mol. The number of ether oxygens (including phenoxy) is 2. The smallest absolute Gasteiger partial charge is 0.412 e. The number of aliphatic hydroxyl groups is 1. The molecule has 3 rings (SSSR count). The molecule has 18 heteroatoms. The average molecular weight is 585 g/mol. The molecule has 0 unspecified atom stereocenters. The van der Waals surface area contributed by atoms with Crippen LogP contribution in [0, 0.1) is 0 Å². The van der Waals surface area contributed by atoms with Gasteiger partial charge in [-0.3, -0.25) is 9.13 Å². The predicted octanol–water partition coefficient (Wildman–Crippen LogP) is 0.948. The van der Waals surface area contributed by atoms with Crippen LogP contribution in [0.25, 0.3) is 0 Å². The van der Waals surface area contributed by atoms with E-state index in [1.165, 1.54) is 28.9 Å². The minimum atomic E-state index is -5.61. The van der Waals surface area contributed by atoms with Gasteiger partial charge in [-0.05, 0) is 34.5 Å². The first-order valence-electron chi connectivity index (χ1n) is 11.2. The number of benzene rings is 2. The van der Waals surface area contributed by atoms with Gasteiger partial charge in [-0.15, -0.1) is 5.10 Å². The molecule has 2 aromatic carbocycles. The first-order chi connectivity index (χ1) is 18.3. The molecule has 0 fully saturated rings. The van der Waals surface area contributed by atoms with E-state index in [1.54, 1.807) is 0 Å². The van der Waals surface area contributed by atoms with E-state index in [9.17, 15) is 23.8 Å². The number of carbonyl (C=O) groups is 2. The summed E-state index contributed by atoms with van der Waals surface area (Å²) in [4.78, 5) is 61.4. The second-order valence-electron chi connectivity index (χ2n) is 8.10. The normalized spacial score (nSPS) is 12.1. The highest BCUT2D eigenvalue weighted by Gasteiger charge is 2.58. The summed E-state index contributed by atoms with van der Waals surface area (Å²) >= 11 is 0. The van der Waals surface area contributed by atoms with E-state index >= 15 is 0 Å². The van der Waals surface area contributed by atoms with Gasteiger partial charge < -0.3 is 39.5 Å². The number of aromatic nitrogens is 4. The Morgan fingerprint density at radius 3 is 2.28 bits per heavy atom. The van der Waals surface area contributed by atoms with E-state index in [0.717, 1.165) is 5.56 Å². The van der Waals surface area contributed by atoms with Crippen LogP contribution >= 0.6 is 15.2 Å². The van der Waals surface area contributed by atoms with Crippen molar-refractivity contribution in [2.24, 2.45) is 0 Å². The molecule has 16 nitrogen and oxygen atoms in total. The Balaban J connectivity index is 1.55. The van der Waals surface area contributed by atoms with E-state index in [4.69, 9.17) is 29.0 Å². The lowest BCUT2D eigenvalue weighted by Crippen LogP contribution is -2.32. The van der Waals surface area contributed by atoms with Crippen molar-refractivity contribution in [2.45, 2.75) is 31.1 Å². The van der Waals surface area contributed by atoms with Crippen molar-refractivity contribution >= 4 is 27.3 Å². The average Bonchev–Trinajstić information content (AvgIpc) is 3.31. The topological polar surface area (TPSA) is 244 Å². The highest BCUT2D eigenvalue weighted by Crippen LogP contribution is 2.69. The minimum Gasteiger partial charge on any atom is -0.439 e. The Hall–Kier alpha value is -3.49.